The Labute approximate surface area is 116 Å². The molecule has 19 heavy (non-hydrogen) atoms. The Hall–Kier alpha value is -1.13. The minimum atomic E-state index is -0.283. The number of hydrogen-bond acceptors (Lipinski definition) is 4. The number of nitrogens with one attached hydrogen (secondary N) is 1. The molecule has 0 saturated heterocycles. The molecule has 0 aliphatic rings. The van der Waals surface area contributed by atoms with Crippen molar-refractivity contribution in [3.8, 4) is 0 Å². The highest BCUT2D eigenvalue weighted by Gasteiger charge is 2.35. The van der Waals surface area contributed by atoms with Crippen molar-refractivity contribution in [1.82, 2.24) is 10.3 Å². The normalized spacial score (nSPS) is 16.1. The van der Waals surface area contributed by atoms with Gasteiger partial charge in [0.2, 0.25) is 0 Å². The zero-order valence-corrected chi connectivity index (χ0v) is 12.8. The average Bonchev–Trinajstić information content (AvgIpc) is 2.39. The van der Waals surface area contributed by atoms with Crippen molar-refractivity contribution in [3.63, 3.8) is 0 Å². The van der Waals surface area contributed by atoms with Gasteiger partial charge in [0.05, 0.1) is 11.6 Å². The van der Waals surface area contributed by atoms with Crippen LogP contribution in [0.1, 0.15) is 51.3 Å². The SMILES string of the molecule is CCNC(c1cc(C)cnc1N)C(C)(CC)OCC. The molecule has 2 unspecified atom stereocenters. The third-order valence-electron chi connectivity index (χ3n) is 3.59. The van der Waals surface area contributed by atoms with E-state index in [0.29, 0.717) is 12.4 Å². The zero-order chi connectivity index (χ0) is 14.5. The van der Waals surface area contributed by atoms with Gasteiger partial charge in [0, 0.05) is 18.4 Å². The van der Waals surface area contributed by atoms with Crippen molar-refractivity contribution in [2.24, 2.45) is 0 Å². The molecule has 3 N–H and O–H groups in total. The van der Waals surface area contributed by atoms with Gasteiger partial charge in [0.15, 0.2) is 0 Å². The minimum absolute atomic E-state index is 0.0508. The van der Waals surface area contributed by atoms with Crippen molar-refractivity contribution in [1.29, 1.82) is 0 Å². The van der Waals surface area contributed by atoms with Crippen LogP contribution in [0.5, 0.6) is 0 Å². The molecule has 4 heteroatoms. The molecular formula is C15H27N3O. The van der Waals surface area contributed by atoms with Crippen LogP contribution in [-0.2, 0) is 4.74 Å². The molecule has 0 aliphatic heterocycles. The van der Waals surface area contributed by atoms with Crippen LogP contribution in [-0.4, -0.2) is 23.7 Å². The molecule has 2 atom stereocenters. The minimum Gasteiger partial charge on any atom is -0.383 e. The van der Waals surface area contributed by atoms with Crippen LogP contribution in [0.2, 0.25) is 0 Å². The second-order valence-corrected chi connectivity index (χ2v) is 5.08. The smallest absolute Gasteiger partial charge is 0.128 e. The summed E-state index contributed by atoms with van der Waals surface area (Å²) < 4.78 is 6.00. The molecule has 0 saturated carbocycles. The maximum Gasteiger partial charge on any atom is 0.128 e. The molecule has 0 aromatic carbocycles. The Kier molecular flexibility index (Phi) is 5.76. The number of ether oxygens (including phenoxy) is 1. The fraction of sp³-hybridized carbons (Fsp3) is 0.667. The lowest BCUT2D eigenvalue weighted by Gasteiger charge is -2.38. The second kappa shape index (κ2) is 6.87. The molecule has 0 spiro atoms. The Morgan fingerprint density at radius 3 is 2.63 bits per heavy atom. The van der Waals surface area contributed by atoms with Crippen molar-refractivity contribution in [2.45, 2.75) is 52.7 Å². The summed E-state index contributed by atoms with van der Waals surface area (Å²) in [5, 5.41) is 3.50. The number of anilines is 1. The fourth-order valence-corrected chi connectivity index (χ4v) is 2.41. The van der Waals surface area contributed by atoms with Gasteiger partial charge in [0.25, 0.3) is 0 Å². The van der Waals surface area contributed by atoms with Gasteiger partial charge in [0.1, 0.15) is 5.82 Å². The van der Waals surface area contributed by atoms with Gasteiger partial charge in [-0.2, -0.15) is 0 Å². The number of nitrogens with zero attached hydrogens (tertiary/aromatic N) is 1. The standard InChI is InChI=1S/C15H27N3O/c1-6-15(5,19-8-3)13(17-7-2)12-9-11(4)10-18-14(12)16/h9-10,13,17H,6-8H2,1-5H3,(H2,16,18). The first kappa shape index (κ1) is 15.9. The Morgan fingerprint density at radius 1 is 1.42 bits per heavy atom. The van der Waals surface area contributed by atoms with Crippen molar-refractivity contribution < 1.29 is 4.74 Å². The van der Waals surface area contributed by atoms with E-state index in [1.165, 1.54) is 0 Å². The summed E-state index contributed by atoms with van der Waals surface area (Å²) in [6.07, 6.45) is 2.71. The van der Waals surface area contributed by atoms with Gasteiger partial charge in [-0.1, -0.05) is 13.8 Å². The predicted octanol–water partition coefficient (Wildman–Crippen LogP) is 2.83. The van der Waals surface area contributed by atoms with Crippen LogP contribution in [0.15, 0.2) is 12.3 Å². The topological polar surface area (TPSA) is 60.2 Å². The zero-order valence-electron chi connectivity index (χ0n) is 12.8. The van der Waals surface area contributed by atoms with Crippen molar-refractivity contribution >= 4 is 5.82 Å². The van der Waals surface area contributed by atoms with Gasteiger partial charge in [-0.25, -0.2) is 4.98 Å². The summed E-state index contributed by atoms with van der Waals surface area (Å²) in [5.74, 6) is 0.580. The monoisotopic (exact) mass is 265 g/mol. The van der Waals surface area contributed by atoms with E-state index in [-0.39, 0.29) is 11.6 Å². The lowest BCUT2D eigenvalue weighted by atomic mass is 9.87. The molecule has 1 heterocycles. The Balaban J connectivity index is 3.21. The van der Waals surface area contributed by atoms with E-state index in [2.05, 4.69) is 37.1 Å². The van der Waals surface area contributed by atoms with Crippen LogP contribution < -0.4 is 11.1 Å². The predicted molar refractivity (Wildman–Crippen MR) is 80.1 cm³/mol. The van der Waals surface area contributed by atoms with Crippen LogP contribution in [0.25, 0.3) is 0 Å². The van der Waals surface area contributed by atoms with Gasteiger partial charge >= 0.3 is 0 Å². The van der Waals surface area contributed by atoms with E-state index in [4.69, 9.17) is 10.5 Å². The maximum atomic E-state index is 6.06. The van der Waals surface area contributed by atoms with E-state index in [1.54, 1.807) is 6.20 Å². The van der Waals surface area contributed by atoms with Crippen molar-refractivity contribution in [2.75, 3.05) is 18.9 Å². The van der Waals surface area contributed by atoms with Crippen LogP contribution in [0.3, 0.4) is 0 Å². The molecular weight excluding hydrogens is 238 g/mol. The van der Waals surface area contributed by atoms with E-state index >= 15 is 0 Å². The third-order valence-corrected chi connectivity index (χ3v) is 3.59. The maximum absolute atomic E-state index is 6.06. The highest BCUT2D eigenvalue weighted by atomic mass is 16.5. The van der Waals surface area contributed by atoms with Crippen LogP contribution in [0.4, 0.5) is 5.82 Å². The Bertz CT molecular complexity index is 408. The van der Waals surface area contributed by atoms with Crippen LogP contribution in [0, 0.1) is 6.92 Å². The summed E-state index contributed by atoms with van der Waals surface area (Å²) in [5.41, 5.74) is 7.92. The van der Waals surface area contributed by atoms with E-state index < -0.39 is 0 Å². The summed E-state index contributed by atoms with van der Waals surface area (Å²) in [7, 11) is 0. The first-order valence-electron chi connectivity index (χ1n) is 7.07. The second-order valence-electron chi connectivity index (χ2n) is 5.08. The molecule has 1 rings (SSSR count). The van der Waals surface area contributed by atoms with Gasteiger partial charge < -0.3 is 15.8 Å². The summed E-state index contributed by atoms with van der Waals surface area (Å²) in [4.78, 5) is 4.27. The number of likely N-dealkylation sites (N-methyl/N-ethyl adjacent to an activating group) is 1. The first-order chi connectivity index (χ1) is 8.98. The number of hydrogen-bond donors (Lipinski definition) is 2. The van der Waals surface area contributed by atoms with E-state index in [9.17, 15) is 0 Å². The Morgan fingerprint density at radius 2 is 2.11 bits per heavy atom. The summed E-state index contributed by atoms with van der Waals surface area (Å²) >= 11 is 0. The number of nitrogen functional groups attached to an aromatic ring is 1. The largest absolute Gasteiger partial charge is 0.383 e. The molecule has 1 aromatic rings. The number of aromatic nitrogens is 1. The molecule has 108 valence electrons. The number of nitrogens with two attached hydrogens (primary N) is 1. The first-order valence-corrected chi connectivity index (χ1v) is 7.07. The molecule has 0 fully saturated rings. The number of pyridine rings is 1. The van der Waals surface area contributed by atoms with Gasteiger partial charge in [-0.3, -0.25) is 0 Å². The third kappa shape index (κ3) is 3.67. The molecule has 0 bridgehead atoms. The highest BCUT2D eigenvalue weighted by Crippen LogP contribution is 2.34. The molecule has 0 aliphatic carbocycles. The molecule has 0 radical (unpaired) electrons. The lowest BCUT2D eigenvalue weighted by molar-refractivity contribution is -0.0559. The lowest BCUT2D eigenvalue weighted by Crippen LogP contribution is -2.44. The van der Waals surface area contributed by atoms with E-state index in [1.807, 2.05) is 13.8 Å². The molecule has 4 nitrogen and oxygen atoms in total. The fourth-order valence-electron chi connectivity index (χ4n) is 2.41. The van der Waals surface area contributed by atoms with Gasteiger partial charge in [-0.15, -0.1) is 0 Å². The van der Waals surface area contributed by atoms with Crippen LogP contribution >= 0.6 is 0 Å². The average molecular weight is 265 g/mol. The number of rotatable bonds is 7. The molecule has 1 aromatic heterocycles. The van der Waals surface area contributed by atoms with Gasteiger partial charge in [-0.05, 0) is 45.4 Å². The van der Waals surface area contributed by atoms with Crippen molar-refractivity contribution in [3.05, 3.63) is 23.4 Å². The molecule has 0 amide bonds. The number of aryl methyl sites for hydroxylation is 1. The quantitative estimate of drug-likeness (QED) is 0.796. The van der Waals surface area contributed by atoms with E-state index in [0.717, 1.165) is 24.1 Å². The highest BCUT2D eigenvalue weighted by molar-refractivity contribution is 5.44. The summed E-state index contributed by atoms with van der Waals surface area (Å²) in [6.45, 7) is 12.0. The summed E-state index contributed by atoms with van der Waals surface area (Å²) in [6, 6.07) is 2.15.